The standard InChI is InChI=1S/C14H21N3O2/c1-11(2)19-14(18)17-9-6-12(7-10-17)16-13-5-3-4-8-15-13/h3-5,8,11-12H,6-7,9-10H2,1-2H3,(H,15,16). The van der Waals surface area contributed by atoms with Gasteiger partial charge in [-0.25, -0.2) is 9.78 Å². The monoisotopic (exact) mass is 263 g/mol. The van der Waals surface area contributed by atoms with Gasteiger partial charge >= 0.3 is 6.09 Å². The zero-order valence-corrected chi connectivity index (χ0v) is 11.5. The second-order valence-corrected chi connectivity index (χ2v) is 5.05. The maximum absolute atomic E-state index is 11.7. The van der Waals surface area contributed by atoms with E-state index >= 15 is 0 Å². The average Bonchev–Trinajstić information content (AvgIpc) is 2.40. The molecule has 19 heavy (non-hydrogen) atoms. The van der Waals surface area contributed by atoms with Crippen LogP contribution in [0.1, 0.15) is 26.7 Å². The molecule has 1 saturated heterocycles. The lowest BCUT2D eigenvalue weighted by Crippen LogP contribution is -2.43. The van der Waals surface area contributed by atoms with Gasteiger partial charge in [0.25, 0.3) is 0 Å². The summed E-state index contributed by atoms with van der Waals surface area (Å²) in [5.41, 5.74) is 0. The van der Waals surface area contributed by atoms with Crippen molar-refractivity contribution in [2.45, 2.75) is 38.8 Å². The molecule has 1 fully saturated rings. The molecule has 0 spiro atoms. The highest BCUT2D eigenvalue weighted by atomic mass is 16.6. The lowest BCUT2D eigenvalue weighted by atomic mass is 10.1. The molecule has 1 aromatic heterocycles. The van der Waals surface area contributed by atoms with Crippen LogP contribution in [-0.4, -0.2) is 41.2 Å². The zero-order chi connectivity index (χ0) is 13.7. The largest absolute Gasteiger partial charge is 0.447 e. The molecule has 1 amide bonds. The Morgan fingerprint density at radius 2 is 2.16 bits per heavy atom. The Bertz CT molecular complexity index is 400. The van der Waals surface area contributed by atoms with E-state index in [2.05, 4.69) is 10.3 Å². The molecule has 5 heteroatoms. The van der Waals surface area contributed by atoms with Gasteiger partial charge in [0.05, 0.1) is 6.10 Å². The molecular formula is C14H21N3O2. The molecule has 0 bridgehead atoms. The molecule has 0 atom stereocenters. The van der Waals surface area contributed by atoms with Gasteiger partial charge in [0, 0.05) is 25.3 Å². The van der Waals surface area contributed by atoms with Gasteiger partial charge < -0.3 is 15.0 Å². The Morgan fingerprint density at radius 1 is 1.42 bits per heavy atom. The van der Waals surface area contributed by atoms with Gasteiger partial charge in [-0.1, -0.05) is 6.07 Å². The molecular weight excluding hydrogens is 242 g/mol. The summed E-state index contributed by atoms with van der Waals surface area (Å²) >= 11 is 0. The predicted octanol–water partition coefficient (Wildman–Crippen LogP) is 2.50. The number of pyridine rings is 1. The maximum Gasteiger partial charge on any atom is 0.410 e. The SMILES string of the molecule is CC(C)OC(=O)N1CCC(Nc2ccccn2)CC1. The molecule has 0 unspecified atom stereocenters. The highest BCUT2D eigenvalue weighted by Crippen LogP contribution is 2.15. The van der Waals surface area contributed by atoms with Crippen LogP contribution in [0.4, 0.5) is 10.6 Å². The van der Waals surface area contributed by atoms with Crippen molar-refractivity contribution in [1.29, 1.82) is 0 Å². The molecule has 0 radical (unpaired) electrons. The summed E-state index contributed by atoms with van der Waals surface area (Å²) in [5, 5.41) is 3.39. The zero-order valence-electron chi connectivity index (χ0n) is 11.5. The van der Waals surface area contributed by atoms with Crippen LogP contribution in [0.3, 0.4) is 0 Å². The Balaban J connectivity index is 1.78. The third kappa shape index (κ3) is 4.12. The smallest absolute Gasteiger partial charge is 0.410 e. The van der Waals surface area contributed by atoms with Crippen molar-refractivity contribution in [3.8, 4) is 0 Å². The van der Waals surface area contributed by atoms with Crippen molar-refractivity contribution >= 4 is 11.9 Å². The van der Waals surface area contributed by atoms with Crippen molar-refractivity contribution in [3.05, 3.63) is 24.4 Å². The first-order valence-electron chi connectivity index (χ1n) is 6.78. The molecule has 104 valence electrons. The molecule has 1 N–H and O–H groups in total. The van der Waals surface area contributed by atoms with E-state index in [1.807, 2.05) is 32.0 Å². The number of amides is 1. The van der Waals surface area contributed by atoms with Crippen molar-refractivity contribution in [1.82, 2.24) is 9.88 Å². The first-order valence-corrected chi connectivity index (χ1v) is 6.78. The summed E-state index contributed by atoms with van der Waals surface area (Å²) in [7, 11) is 0. The van der Waals surface area contributed by atoms with E-state index in [9.17, 15) is 4.79 Å². The Morgan fingerprint density at radius 3 is 2.74 bits per heavy atom. The third-order valence-corrected chi connectivity index (χ3v) is 3.11. The van der Waals surface area contributed by atoms with Gasteiger partial charge in [0.2, 0.25) is 0 Å². The van der Waals surface area contributed by atoms with Crippen LogP contribution < -0.4 is 5.32 Å². The lowest BCUT2D eigenvalue weighted by molar-refractivity contribution is 0.0701. The number of ether oxygens (including phenoxy) is 1. The van der Waals surface area contributed by atoms with Crippen molar-refractivity contribution < 1.29 is 9.53 Å². The second kappa shape index (κ2) is 6.41. The molecule has 2 rings (SSSR count). The summed E-state index contributed by atoms with van der Waals surface area (Å²) in [6, 6.07) is 6.19. The summed E-state index contributed by atoms with van der Waals surface area (Å²) in [4.78, 5) is 17.8. The number of piperidine rings is 1. The van der Waals surface area contributed by atoms with Crippen molar-refractivity contribution in [3.63, 3.8) is 0 Å². The van der Waals surface area contributed by atoms with Crippen molar-refractivity contribution in [2.24, 2.45) is 0 Å². The van der Waals surface area contributed by atoms with Gasteiger partial charge in [-0.05, 0) is 38.8 Å². The number of hydrogen-bond acceptors (Lipinski definition) is 4. The second-order valence-electron chi connectivity index (χ2n) is 5.05. The van der Waals surface area contributed by atoms with Crippen LogP contribution in [0.5, 0.6) is 0 Å². The maximum atomic E-state index is 11.7. The summed E-state index contributed by atoms with van der Waals surface area (Å²) < 4.78 is 5.20. The normalized spacial score (nSPS) is 16.5. The summed E-state index contributed by atoms with van der Waals surface area (Å²) in [6.45, 7) is 5.20. The van der Waals surface area contributed by atoms with Gasteiger partial charge in [-0.2, -0.15) is 0 Å². The third-order valence-electron chi connectivity index (χ3n) is 3.11. The number of carbonyl (C=O) groups is 1. The van der Waals surface area contributed by atoms with E-state index in [1.54, 1.807) is 11.1 Å². The lowest BCUT2D eigenvalue weighted by Gasteiger charge is -2.32. The predicted molar refractivity (Wildman–Crippen MR) is 74.1 cm³/mol. The van der Waals surface area contributed by atoms with Gasteiger partial charge in [-0.3, -0.25) is 0 Å². The highest BCUT2D eigenvalue weighted by molar-refractivity contribution is 5.67. The van der Waals surface area contributed by atoms with Crippen LogP contribution in [0, 0.1) is 0 Å². The van der Waals surface area contributed by atoms with Crippen LogP contribution in [0.15, 0.2) is 24.4 Å². The molecule has 1 aliphatic rings. The summed E-state index contributed by atoms with van der Waals surface area (Å²) in [5.74, 6) is 0.894. The molecule has 1 aromatic rings. The number of hydrogen-bond donors (Lipinski definition) is 1. The van der Waals surface area contributed by atoms with Gasteiger partial charge in [-0.15, -0.1) is 0 Å². The molecule has 0 saturated carbocycles. The number of nitrogens with zero attached hydrogens (tertiary/aromatic N) is 2. The van der Waals surface area contributed by atoms with E-state index in [0.29, 0.717) is 6.04 Å². The topological polar surface area (TPSA) is 54.5 Å². The van der Waals surface area contributed by atoms with E-state index < -0.39 is 0 Å². The van der Waals surface area contributed by atoms with E-state index in [1.165, 1.54) is 0 Å². The molecule has 2 heterocycles. The van der Waals surface area contributed by atoms with E-state index in [0.717, 1.165) is 31.7 Å². The highest BCUT2D eigenvalue weighted by Gasteiger charge is 2.24. The number of carbonyl (C=O) groups excluding carboxylic acids is 1. The Labute approximate surface area is 114 Å². The number of likely N-dealkylation sites (tertiary alicyclic amines) is 1. The number of anilines is 1. The quantitative estimate of drug-likeness (QED) is 0.910. The average molecular weight is 263 g/mol. The Kier molecular flexibility index (Phi) is 4.60. The molecule has 0 aromatic carbocycles. The Hall–Kier alpha value is -1.78. The minimum atomic E-state index is -0.203. The fourth-order valence-electron chi connectivity index (χ4n) is 2.14. The van der Waals surface area contributed by atoms with E-state index in [4.69, 9.17) is 4.74 Å². The van der Waals surface area contributed by atoms with Crippen LogP contribution >= 0.6 is 0 Å². The molecule has 0 aliphatic carbocycles. The fraction of sp³-hybridized carbons (Fsp3) is 0.571. The fourth-order valence-corrected chi connectivity index (χ4v) is 2.14. The van der Waals surface area contributed by atoms with Gasteiger partial charge in [0.15, 0.2) is 0 Å². The summed E-state index contributed by atoms with van der Waals surface area (Å²) in [6.07, 6.45) is 3.36. The van der Waals surface area contributed by atoms with E-state index in [-0.39, 0.29) is 12.2 Å². The van der Waals surface area contributed by atoms with Gasteiger partial charge in [0.1, 0.15) is 5.82 Å². The van der Waals surface area contributed by atoms with Crippen molar-refractivity contribution in [2.75, 3.05) is 18.4 Å². The van der Waals surface area contributed by atoms with Crippen LogP contribution in [0.2, 0.25) is 0 Å². The number of nitrogens with one attached hydrogen (secondary N) is 1. The first kappa shape index (κ1) is 13.6. The first-order chi connectivity index (χ1) is 9.15. The minimum Gasteiger partial charge on any atom is -0.447 e. The van der Waals surface area contributed by atoms with Crippen LogP contribution in [0.25, 0.3) is 0 Å². The number of aromatic nitrogens is 1. The minimum absolute atomic E-state index is 0.0585. The molecule has 1 aliphatic heterocycles. The number of rotatable bonds is 3. The molecule has 5 nitrogen and oxygen atoms in total. The van der Waals surface area contributed by atoms with Crippen LogP contribution in [-0.2, 0) is 4.74 Å².